The highest BCUT2D eigenvalue weighted by molar-refractivity contribution is 6.10. The number of pyridine rings is 1. The monoisotopic (exact) mass is 298 g/mol. The van der Waals surface area contributed by atoms with Crippen LogP contribution in [0.1, 0.15) is 27.3 Å². The molecule has 0 spiro atoms. The highest BCUT2D eigenvalue weighted by atomic mass is 16.2. The molecule has 0 saturated carbocycles. The minimum absolute atomic E-state index is 0.140. The number of nitrogens with one attached hydrogen (secondary N) is 1. The molecular formula is C14H14N6O2. The first-order valence-corrected chi connectivity index (χ1v) is 6.62. The van der Waals surface area contributed by atoms with Crippen LogP contribution in [0, 0.1) is 13.8 Å². The van der Waals surface area contributed by atoms with Crippen molar-refractivity contribution in [2.24, 2.45) is 7.05 Å². The van der Waals surface area contributed by atoms with Crippen molar-refractivity contribution in [1.29, 1.82) is 0 Å². The van der Waals surface area contributed by atoms with Crippen LogP contribution in [0.4, 0.5) is 0 Å². The molecule has 0 aliphatic carbocycles. The molecule has 1 N–H and O–H groups in total. The summed E-state index contributed by atoms with van der Waals surface area (Å²) in [6.45, 7) is 3.42. The summed E-state index contributed by atoms with van der Waals surface area (Å²) in [5.41, 5.74) is 1.25. The van der Waals surface area contributed by atoms with Crippen LogP contribution in [0.25, 0.3) is 5.82 Å². The van der Waals surface area contributed by atoms with E-state index in [-0.39, 0.29) is 16.9 Å². The molecule has 3 aromatic rings. The Kier molecular flexibility index (Phi) is 3.21. The highest BCUT2D eigenvalue weighted by Gasteiger charge is 2.21. The summed E-state index contributed by atoms with van der Waals surface area (Å²) in [5.74, 6) is 0.222. The molecule has 112 valence electrons. The minimum Gasteiger partial charge on any atom is -0.299 e. The average molecular weight is 298 g/mol. The molecule has 3 rings (SSSR count). The van der Waals surface area contributed by atoms with Crippen LogP contribution in [0.5, 0.6) is 0 Å². The van der Waals surface area contributed by atoms with Gasteiger partial charge in [0.25, 0.3) is 5.56 Å². The van der Waals surface area contributed by atoms with E-state index in [0.29, 0.717) is 22.8 Å². The standard InChI is InChI=1S/C14H14N6O2/c1-8-10(4-5-11(17-8)20-7-15-6-16-20)13(21)12-9(2)18-19(3)14(12)22/h4-7,18H,1-3H3. The first kappa shape index (κ1) is 13.9. The number of aromatic amines is 1. The summed E-state index contributed by atoms with van der Waals surface area (Å²) < 4.78 is 2.79. The molecule has 0 unspecified atom stereocenters. The van der Waals surface area contributed by atoms with Gasteiger partial charge in [-0.1, -0.05) is 0 Å². The zero-order chi connectivity index (χ0) is 15.9. The summed E-state index contributed by atoms with van der Waals surface area (Å²) in [5, 5.41) is 6.81. The molecule has 3 aromatic heterocycles. The number of carbonyl (C=O) groups is 1. The summed E-state index contributed by atoms with van der Waals surface area (Å²) >= 11 is 0. The Morgan fingerprint density at radius 2 is 2.05 bits per heavy atom. The Hall–Kier alpha value is -3.03. The number of H-pyrrole nitrogens is 1. The molecule has 0 bridgehead atoms. The zero-order valence-corrected chi connectivity index (χ0v) is 12.4. The zero-order valence-electron chi connectivity index (χ0n) is 12.4. The average Bonchev–Trinajstić information content (AvgIpc) is 3.08. The van der Waals surface area contributed by atoms with E-state index in [1.54, 1.807) is 33.0 Å². The molecule has 8 heteroatoms. The second-order valence-corrected chi connectivity index (χ2v) is 4.95. The van der Waals surface area contributed by atoms with Crippen LogP contribution in [0.3, 0.4) is 0 Å². The van der Waals surface area contributed by atoms with E-state index in [4.69, 9.17) is 0 Å². The van der Waals surface area contributed by atoms with E-state index in [0.717, 1.165) is 0 Å². The minimum atomic E-state index is -0.345. The van der Waals surface area contributed by atoms with Crippen molar-refractivity contribution in [3.8, 4) is 5.82 Å². The first-order chi connectivity index (χ1) is 10.5. The van der Waals surface area contributed by atoms with Crippen molar-refractivity contribution in [3.05, 3.63) is 57.7 Å². The molecule has 0 fully saturated rings. The molecule has 0 atom stereocenters. The summed E-state index contributed by atoms with van der Waals surface area (Å²) in [6.07, 6.45) is 2.93. The second kappa shape index (κ2) is 5.06. The van der Waals surface area contributed by atoms with E-state index >= 15 is 0 Å². The lowest BCUT2D eigenvalue weighted by Gasteiger charge is -2.06. The Morgan fingerprint density at radius 1 is 1.27 bits per heavy atom. The van der Waals surface area contributed by atoms with Gasteiger partial charge in [-0.05, 0) is 26.0 Å². The fourth-order valence-electron chi connectivity index (χ4n) is 2.33. The lowest BCUT2D eigenvalue weighted by molar-refractivity contribution is 0.103. The van der Waals surface area contributed by atoms with Gasteiger partial charge in [-0.25, -0.2) is 14.6 Å². The fraction of sp³-hybridized carbons (Fsp3) is 0.214. The molecule has 22 heavy (non-hydrogen) atoms. The molecular weight excluding hydrogens is 284 g/mol. The Balaban J connectivity index is 2.05. The van der Waals surface area contributed by atoms with Crippen molar-refractivity contribution in [3.63, 3.8) is 0 Å². The van der Waals surface area contributed by atoms with Crippen LogP contribution in [-0.4, -0.2) is 35.3 Å². The predicted octanol–water partition coefficient (Wildman–Crippen LogP) is 0.537. The molecule has 0 aliphatic heterocycles. The SMILES string of the molecule is Cc1nc(-n2cncn2)ccc1C(=O)c1c(C)[nH]n(C)c1=O. The fourth-order valence-corrected chi connectivity index (χ4v) is 2.33. The lowest BCUT2D eigenvalue weighted by atomic mass is 10.0. The quantitative estimate of drug-likeness (QED) is 0.711. The molecule has 3 heterocycles. The maximum Gasteiger partial charge on any atom is 0.277 e. The van der Waals surface area contributed by atoms with E-state index in [1.165, 1.54) is 22.0 Å². The summed E-state index contributed by atoms with van der Waals surface area (Å²) in [6, 6.07) is 3.31. The van der Waals surface area contributed by atoms with Gasteiger partial charge in [-0.2, -0.15) is 5.10 Å². The van der Waals surface area contributed by atoms with Gasteiger partial charge in [0.1, 0.15) is 18.2 Å². The van der Waals surface area contributed by atoms with Gasteiger partial charge in [-0.3, -0.25) is 19.4 Å². The van der Waals surface area contributed by atoms with E-state index in [9.17, 15) is 9.59 Å². The van der Waals surface area contributed by atoms with Crippen LogP contribution in [0.15, 0.2) is 29.6 Å². The molecule has 0 aliphatic rings. The Bertz CT molecular complexity index is 904. The molecule has 0 radical (unpaired) electrons. The van der Waals surface area contributed by atoms with E-state index < -0.39 is 0 Å². The van der Waals surface area contributed by atoms with Gasteiger partial charge in [-0.15, -0.1) is 0 Å². The number of nitrogens with zero attached hydrogens (tertiary/aromatic N) is 5. The van der Waals surface area contributed by atoms with Crippen molar-refractivity contribution in [2.75, 3.05) is 0 Å². The van der Waals surface area contributed by atoms with Gasteiger partial charge in [0, 0.05) is 18.3 Å². The van der Waals surface area contributed by atoms with Gasteiger partial charge in [0.2, 0.25) is 5.78 Å². The predicted molar refractivity (Wildman–Crippen MR) is 78.1 cm³/mol. The Morgan fingerprint density at radius 3 is 2.59 bits per heavy atom. The topological polar surface area (TPSA) is 98.5 Å². The molecule has 8 nitrogen and oxygen atoms in total. The second-order valence-electron chi connectivity index (χ2n) is 4.95. The number of ketones is 1. The third kappa shape index (κ3) is 2.14. The van der Waals surface area contributed by atoms with Gasteiger partial charge >= 0.3 is 0 Å². The number of aryl methyl sites for hydroxylation is 3. The summed E-state index contributed by atoms with van der Waals surface area (Å²) in [7, 11) is 1.57. The normalized spacial score (nSPS) is 10.9. The van der Waals surface area contributed by atoms with Crippen molar-refractivity contribution in [2.45, 2.75) is 13.8 Å². The maximum absolute atomic E-state index is 12.6. The highest BCUT2D eigenvalue weighted by Crippen LogP contribution is 2.14. The lowest BCUT2D eigenvalue weighted by Crippen LogP contribution is -2.20. The van der Waals surface area contributed by atoms with Crippen molar-refractivity contribution >= 4 is 5.78 Å². The van der Waals surface area contributed by atoms with Crippen LogP contribution in [0.2, 0.25) is 0 Å². The third-order valence-electron chi connectivity index (χ3n) is 3.43. The van der Waals surface area contributed by atoms with Crippen LogP contribution >= 0.6 is 0 Å². The van der Waals surface area contributed by atoms with Gasteiger partial charge in [0.05, 0.1) is 5.69 Å². The smallest absolute Gasteiger partial charge is 0.277 e. The maximum atomic E-state index is 12.6. The number of carbonyl (C=O) groups excluding carboxylic acids is 1. The molecule has 0 aromatic carbocycles. The first-order valence-electron chi connectivity index (χ1n) is 6.62. The van der Waals surface area contributed by atoms with Crippen molar-refractivity contribution < 1.29 is 4.79 Å². The van der Waals surface area contributed by atoms with Gasteiger partial charge in [0.15, 0.2) is 5.82 Å². The third-order valence-corrected chi connectivity index (χ3v) is 3.43. The number of aromatic nitrogens is 6. The van der Waals surface area contributed by atoms with Crippen LogP contribution < -0.4 is 5.56 Å². The van der Waals surface area contributed by atoms with E-state index in [1.807, 2.05) is 0 Å². The largest absolute Gasteiger partial charge is 0.299 e. The number of hydrogen-bond donors (Lipinski definition) is 1. The number of rotatable bonds is 3. The Labute approximate surface area is 125 Å². The molecule has 0 amide bonds. The van der Waals surface area contributed by atoms with Crippen LogP contribution in [-0.2, 0) is 7.05 Å². The van der Waals surface area contributed by atoms with E-state index in [2.05, 4.69) is 20.2 Å². The van der Waals surface area contributed by atoms with Gasteiger partial charge < -0.3 is 0 Å². The van der Waals surface area contributed by atoms with Crippen molar-refractivity contribution in [1.82, 2.24) is 29.5 Å². The number of hydrogen-bond acceptors (Lipinski definition) is 5. The molecule has 0 saturated heterocycles. The summed E-state index contributed by atoms with van der Waals surface area (Å²) in [4.78, 5) is 32.9.